The summed E-state index contributed by atoms with van der Waals surface area (Å²) in [7, 11) is 1.82. The Labute approximate surface area is 109 Å². The van der Waals surface area contributed by atoms with Gasteiger partial charge in [-0.2, -0.15) is 0 Å². The van der Waals surface area contributed by atoms with Gasteiger partial charge in [0.25, 0.3) is 0 Å². The highest BCUT2D eigenvalue weighted by molar-refractivity contribution is 5.87. The number of hydrogen-bond donors (Lipinski definition) is 1. The Balaban J connectivity index is 1.97. The number of likely N-dealkylation sites (N-methyl/N-ethyl adjacent to an activating group) is 1. The average Bonchev–Trinajstić information content (AvgIpc) is 2.83. The van der Waals surface area contributed by atoms with Crippen molar-refractivity contribution < 1.29 is 9.53 Å². The largest absolute Gasteiger partial charge is 0.493 e. The lowest BCUT2D eigenvalue weighted by Gasteiger charge is -2.22. The first kappa shape index (κ1) is 13.1. The first-order valence-corrected chi connectivity index (χ1v) is 6.50. The average molecular weight is 247 g/mol. The Hall–Kier alpha value is -1.35. The smallest absolute Gasteiger partial charge is 0.152 e. The summed E-state index contributed by atoms with van der Waals surface area (Å²) in [6.07, 6.45) is 2.36. The molecule has 1 aromatic rings. The second-order valence-corrected chi connectivity index (χ2v) is 5.34. The van der Waals surface area contributed by atoms with Crippen molar-refractivity contribution in [3.63, 3.8) is 0 Å². The molecule has 0 bridgehead atoms. The van der Waals surface area contributed by atoms with Gasteiger partial charge in [-0.1, -0.05) is 12.1 Å². The van der Waals surface area contributed by atoms with Crippen LogP contribution in [0.4, 0.5) is 0 Å². The highest BCUT2D eigenvalue weighted by Crippen LogP contribution is 2.26. The minimum Gasteiger partial charge on any atom is -0.493 e. The predicted octanol–water partition coefficient (Wildman–Crippen LogP) is 2.12. The molecule has 0 fully saturated rings. The minimum absolute atomic E-state index is 0.252. The van der Waals surface area contributed by atoms with E-state index in [0.717, 1.165) is 25.2 Å². The molecule has 1 aliphatic heterocycles. The lowest BCUT2D eigenvalue weighted by atomic mass is 9.93. The van der Waals surface area contributed by atoms with Gasteiger partial charge in [-0.3, -0.25) is 4.79 Å². The molecule has 3 heteroatoms. The van der Waals surface area contributed by atoms with Crippen LogP contribution >= 0.6 is 0 Å². The highest BCUT2D eigenvalue weighted by atomic mass is 16.5. The van der Waals surface area contributed by atoms with Crippen molar-refractivity contribution >= 4 is 5.78 Å². The van der Waals surface area contributed by atoms with Crippen molar-refractivity contribution in [3.8, 4) is 5.75 Å². The third kappa shape index (κ3) is 2.72. The van der Waals surface area contributed by atoms with Gasteiger partial charge in [-0.25, -0.2) is 0 Å². The van der Waals surface area contributed by atoms with Gasteiger partial charge in [0.1, 0.15) is 5.75 Å². The van der Waals surface area contributed by atoms with Crippen LogP contribution in [0.2, 0.25) is 0 Å². The van der Waals surface area contributed by atoms with Crippen LogP contribution in [-0.2, 0) is 17.6 Å². The van der Waals surface area contributed by atoms with Crippen LogP contribution < -0.4 is 10.1 Å². The van der Waals surface area contributed by atoms with E-state index in [2.05, 4.69) is 17.4 Å². The second-order valence-electron chi connectivity index (χ2n) is 5.34. The van der Waals surface area contributed by atoms with Crippen molar-refractivity contribution in [1.29, 1.82) is 0 Å². The summed E-state index contributed by atoms with van der Waals surface area (Å²) >= 11 is 0. The van der Waals surface area contributed by atoms with Gasteiger partial charge < -0.3 is 10.1 Å². The SMILES string of the molecule is CNC(C)(C)C(=O)CCc1ccc2c(c1)CCO2. The number of hydrogen-bond acceptors (Lipinski definition) is 3. The molecule has 1 aromatic carbocycles. The number of ether oxygens (including phenoxy) is 1. The van der Waals surface area contributed by atoms with Gasteiger partial charge in [0.2, 0.25) is 0 Å². The third-order valence-corrected chi connectivity index (χ3v) is 3.72. The quantitative estimate of drug-likeness (QED) is 0.866. The summed E-state index contributed by atoms with van der Waals surface area (Å²) in [5, 5.41) is 3.05. The van der Waals surface area contributed by atoms with Crippen LogP contribution in [0, 0.1) is 0 Å². The summed E-state index contributed by atoms with van der Waals surface area (Å²) in [5.74, 6) is 1.25. The summed E-state index contributed by atoms with van der Waals surface area (Å²) in [6.45, 7) is 4.63. The first-order valence-electron chi connectivity index (χ1n) is 6.50. The maximum atomic E-state index is 12.0. The molecule has 0 atom stereocenters. The Morgan fingerprint density at radius 1 is 1.44 bits per heavy atom. The molecule has 1 aliphatic rings. The number of carbonyl (C=O) groups excluding carboxylic acids is 1. The summed E-state index contributed by atoms with van der Waals surface area (Å²) in [4.78, 5) is 12.0. The number of carbonyl (C=O) groups is 1. The first-order chi connectivity index (χ1) is 8.53. The van der Waals surface area contributed by atoms with Crippen molar-refractivity contribution in [2.24, 2.45) is 0 Å². The topological polar surface area (TPSA) is 38.3 Å². The van der Waals surface area contributed by atoms with E-state index in [-0.39, 0.29) is 5.78 Å². The van der Waals surface area contributed by atoms with Crippen molar-refractivity contribution in [2.75, 3.05) is 13.7 Å². The van der Waals surface area contributed by atoms with Crippen molar-refractivity contribution in [3.05, 3.63) is 29.3 Å². The monoisotopic (exact) mass is 247 g/mol. The summed E-state index contributed by atoms with van der Waals surface area (Å²) < 4.78 is 5.47. The molecule has 0 aliphatic carbocycles. The molecule has 1 heterocycles. The van der Waals surface area contributed by atoms with Crippen LogP contribution in [0.1, 0.15) is 31.4 Å². The number of benzene rings is 1. The molecular formula is C15H21NO2. The molecule has 0 unspecified atom stereocenters. The minimum atomic E-state index is -0.431. The standard InChI is InChI=1S/C15H21NO2/c1-15(2,16-3)14(17)7-5-11-4-6-13-12(10-11)8-9-18-13/h4,6,10,16H,5,7-9H2,1-3H3. The summed E-state index contributed by atoms with van der Waals surface area (Å²) in [5.41, 5.74) is 2.06. The van der Waals surface area contributed by atoms with Crippen LogP contribution in [0.5, 0.6) is 5.75 Å². The molecule has 1 N–H and O–H groups in total. The Morgan fingerprint density at radius 3 is 2.94 bits per heavy atom. The molecule has 0 amide bonds. The number of rotatable bonds is 5. The third-order valence-electron chi connectivity index (χ3n) is 3.72. The number of fused-ring (bicyclic) bond motifs is 1. The van der Waals surface area contributed by atoms with E-state index in [1.54, 1.807) is 0 Å². The van der Waals surface area contributed by atoms with E-state index in [1.807, 2.05) is 27.0 Å². The van der Waals surface area contributed by atoms with Gasteiger partial charge in [0.15, 0.2) is 5.78 Å². The number of Topliss-reactive ketones (excluding diaryl/α,β-unsaturated/α-hetero) is 1. The van der Waals surface area contributed by atoms with Gasteiger partial charge in [-0.15, -0.1) is 0 Å². The zero-order valence-electron chi connectivity index (χ0n) is 11.4. The van der Waals surface area contributed by atoms with E-state index in [4.69, 9.17) is 4.74 Å². The Morgan fingerprint density at radius 2 is 2.22 bits per heavy atom. The van der Waals surface area contributed by atoms with E-state index >= 15 is 0 Å². The molecule has 0 saturated carbocycles. The number of ketones is 1. The maximum Gasteiger partial charge on any atom is 0.152 e. The molecular weight excluding hydrogens is 226 g/mol. The lowest BCUT2D eigenvalue weighted by Crippen LogP contribution is -2.44. The van der Waals surface area contributed by atoms with Crippen LogP contribution in [0.3, 0.4) is 0 Å². The fourth-order valence-corrected chi connectivity index (χ4v) is 2.11. The zero-order chi connectivity index (χ0) is 13.2. The van der Waals surface area contributed by atoms with Gasteiger partial charge >= 0.3 is 0 Å². The second kappa shape index (κ2) is 5.11. The molecule has 2 rings (SSSR count). The van der Waals surface area contributed by atoms with Gasteiger partial charge in [-0.05, 0) is 44.5 Å². The maximum absolute atomic E-state index is 12.0. The highest BCUT2D eigenvalue weighted by Gasteiger charge is 2.24. The number of aryl methyl sites for hydroxylation is 1. The molecule has 0 aromatic heterocycles. The van der Waals surface area contributed by atoms with Gasteiger partial charge in [0, 0.05) is 12.8 Å². The van der Waals surface area contributed by atoms with E-state index in [0.29, 0.717) is 6.42 Å². The molecule has 0 saturated heterocycles. The number of nitrogens with one attached hydrogen (secondary N) is 1. The molecule has 0 radical (unpaired) electrons. The van der Waals surface area contributed by atoms with Crippen molar-refractivity contribution in [1.82, 2.24) is 5.32 Å². The lowest BCUT2D eigenvalue weighted by molar-refractivity contribution is -0.124. The predicted molar refractivity (Wildman–Crippen MR) is 72.1 cm³/mol. The Bertz CT molecular complexity index is 452. The molecule has 3 nitrogen and oxygen atoms in total. The molecule has 18 heavy (non-hydrogen) atoms. The van der Waals surface area contributed by atoms with Crippen LogP contribution in [0.25, 0.3) is 0 Å². The van der Waals surface area contributed by atoms with E-state index < -0.39 is 5.54 Å². The van der Waals surface area contributed by atoms with E-state index in [9.17, 15) is 4.79 Å². The zero-order valence-corrected chi connectivity index (χ0v) is 11.4. The normalized spacial score (nSPS) is 14.2. The summed E-state index contributed by atoms with van der Waals surface area (Å²) in [6, 6.07) is 6.25. The van der Waals surface area contributed by atoms with Crippen LogP contribution in [0.15, 0.2) is 18.2 Å². The fraction of sp³-hybridized carbons (Fsp3) is 0.533. The van der Waals surface area contributed by atoms with Crippen LogP contribution in [-0.4, -0.2) is 25.0 Å². The van der Waals surface area contributed by atoms with Gasteiger partial charge in [0.05, 0.1) is 12.1 Å². The molecule has 0 spiro atoms. The Kier molecular flexibility index (Phi) is 3.71. The van der Waals surface area contributed by atoms with E-state index in [1.165, 1.54) is 11.1 Å². The molecule has 98 valence electrons. The fourth-order valence-electron chi connectivity index (χ4n) is 2.11. The van der Waals surface area contributed by atoms with Crippen molar-refractivity contribution in [2.45, 2.75) is 38.6 Å².